The summed E-state index contributed by atoms with van der Waals surface area (Å²) >= 11 is 1.74. The van der Waals surface area contributed by atoms with E-state index >= 15 is 0 Å². The smallest absolute Gasteiger partial charge is 0.0392 e. The van der Waals surface area contributed by atoms with Crippen LogP contribution in [0.1, 0.15) is 49.9 Å². The van der Waals surface area contributed by atoms with Gasteiger partial charge in [0.1, 0.15) is 0 Å². The molecule has 3 aromatic carbocycles. The molecule has 1 aliphatic carbocycles. The van der Waals surface area contributed by atoms with Crippen LogP contribution < -0.4 is 24.8 Å². The van der Waals surface area contributed by atoms with Crippen molar-refractivity contribution in [1.29, 1.82) is 0 Å². The maximum atomic E-state index is 3.36. The molecule has 1 atom stereocenters. The molecule has 0 N–H and O–H groups in total. The molecule has 0 fully saturated rings. The Labute approximate surface area is 235 Å². The summed E-state index contributed by atoms with van der Waals surface area (Å²) in [5.41, 5.74) is 12.8. The number of halogens is 2. The largest absolute Gasteiger partial charge is 1.00 e. The minimum Gasteiger partial charge on any atom is -1.00 e. The van der Waals surface area contributed by atoms with Crippen LogP contribution in [0.3, 0.4) is 0 Å². The summed E-state index contributed by atoms with van der Waals surface area (Å²) in [5.74, 6) is 0.560. The zero-order valence-electron chi connectivity index (χ0n) is 22.4. The Hall–Kier alpha value is -0.790. The molecule has 182 valence electrons. The summed E-state index contributed by atoms with van der Waals surface area (Å²) in [5, 5.41) is 2.68. The summed E-state index contributed by atoms with van der Waals surface area (Å²) in [7, 11) is 0. The van der Waals surface area contributed by atoms with Gasteiger partial charge in [-0.1, -0.05) is 49.9 Å². The third kappa shape index (κ3) is 8.12. The molecular weight excluding hydrogens is 551 g/mol. The fraction of sp³-hybridized carbons (Fsp3) is 0.367. The number of benzene rings is 2. The van der Waals surface area contributed by atoms with Crippen LogP contribution in [0.25, 0.3) is 21.9 Å². The van der Waals surface area contributed by atoms with Crippen molar-refractivity contribution in [3.63, 3.8) is 0 Å². The molecular formula is C30H38Cl2SiZr-2. The molecule has 0 nitrogen and oxygen atoms in total. The van der Waals surface area contributed by atoms with Crippen molar-refractivity contribution >= 4 is 16.2 Å². The van der Waals surface area contributed by atoms with Gasteiger partial charge in [0, 0.05) is 0 Å². The average molecular weight is 589 g/mol. The van der Waals surface area contributed by atoms with Gasteiger partial charge in [0.25, 0.3) is 0 Å². The molecule has 0 radical (unpaired) electrons. The van der Waals surface area contributed by atoms with E-state index < -0.39 is 0 Å². The Morgan fingerprint density at radius 3 is 1.88 bits per heavy atom. The molecule has 0 heterocycles. The third-order valence-electron chi connectivity index (χ3n) is 6.69. The van der Waals surface area contributed by atoms with E-state index in [1.807, 2.05) is 0 Å². The van der Waals surface area contributed by atoms with Gasteiger partial charge in [-0.25, -0.2) is 5.57 Å². The molecule has 0 amide bonds. The fourth-order valence-electron chi connectivity index (χ4n) is 4.04. The Bertz CT molecular complexity index is 1190. The second-order valence-corrected chi connectivity index (χ2v) is 18.6. The quantitative estimate of drug-likeness (QED) is 0.303. The number of rotatable bonds is 1. The van der Waals surface area contributed by atoms with E-state index in [0.717, 1.165) is 0 Å². The fourth-order valence-corrected chi connectivity index (χ4v) is 4.04. The molecule has 0 bridgehead atoms. The number of fused-ring (bicyclic) bond motifs is 1. The zero-order chi connectivity index (χ0) is 24.2. The maximum absolute atomic E-state index is 3.36. The number of hydrogen-bond donors (Lipinski definition) is 0. The first-order valence-corrected chi connectivity index (χ1v) is 17.7. The second kappa shape index (κ2) is 14.7. The van der Waals surface area contributed by atoms with E-state index in [4.69, 9.17) is 0 Å². The van der Waals surface area contributed by atoms with Crippen LogP contribution in [0.2, 0.25) is 13.1 Å². The van der Waals surface area contributed by atoms with Gasteiger partial charge in [-0.05, 0) is 44.4 Å². The molecule has 0 spiro atoms. The van der Waals surface area contributed by atoms with Crippen molar-refractivity contribution in [2.75, 3.05) is 0 Å². The van der Waals surface area contributed by atoms with Crippen molar-refractivity contribution in [3.05, 3.63) is 87.5 Å². The van der Waals surface area contributed by atoms with Gasteiger partial charge < -0.3 is 24.8 Å². The second-order valence-electron chi connectivity index (χ2n) is 9.25. The number of allylic oxidation sites excluding steroid dienone is 4. The number of aryl methyl sites for hydroxylation is 1. The topological polar surface area (TPSA) is 0 Å². The minimum atomic E-state index is 0. The summed E-state index contributed by atoms with van der Waals surface area (Å²) in [6.07, 6.45) is 3.36. The van der Waals surface area contributed by atoms with Crippen molar-refractivity contribution in [2.45, 2.75) is 68.5 Å². The molecule has 3 aromatic rings. The minimum absolute atomic E-state index is 0. The zero-order valence-corrected chi connectivity index (χ0v) is 27.3. The van der Waals surface area contributed by atoms with Crippen LogP contribution in [0.4, 0.5) is 0 Å². The first kappa shape index (κ1) is 33.2. The molecule has 0 saturated carbocycles. The number of hydrogen-bond acceptors (Lipinski definition) is 0. The van der Waals surface area contributed by atoms with Gasteiger partial charge in [0.15, 0.2) is 0 Å². The Balaban J connectivity index is 0.000000614. The third-order valence-corrected chi connectivity index (χ3v) is 6.69. The van der Waals surface area contributed by atoms with Gasteiger partial charge in [-0.2, -0.15) is 11.1 Å². The normalized spacial score (nSPS) is 14.2. The van der Waals surface area contributed by atoms with E-state index in [0.29, 0.717) is 5.92 Å². The molecule has 0 aliphatic heterocycles. The van der Waals surface area contributed by atoms with E-state index in [2.05, 4.69) is 117 Å². The molecule has 1 unspecified atom stereocenters. The van der Waals surface area contributed by atoms with E-state index in [1.54, 1.807) is 23.3 Å². The average Bonchev–Trinajstić information content (AvgIpc) is 3.26. The molecule has 1 aliphatic rings. The molecule has 0 aromatic heterocycles. The van der Waals surface area contributed by atoms with Crippen molar-refractivity contribution in [2.24, 2.45) is 5.92 Å². The Morgan fingerprint density at radius 1 is 0.853 bits per heavy atom. The SMILES string of the molecule is CC1=[C-]C(C)C(C)=C1C.C[Si](C)=[Zr+2].Cc1cc(-c2c[cH-]c3ccccc23)c(C)c(C)c1C.[Cl-].[Cl-]. The van der Waals surface area contributed by atoms with E-state index in [-0.39, 0.29) is 30.2 Å². The maximum Gasteiger partial charge on any atom is -0.0392 e. The van der Waals surface area contributed by atoms with Gasteiger partial charge in [-0.3, -0.25) is 6.08 Å². The predicted octanol–water partition coefficient (Wildman–Crippen LogP) is 2.97. The van der Waals surface area contributed by atoms with Gasteiger partial charge in [-0.15, -0.1) is 53.6 Å². The van der Waals surface area contributed by atoms with Gasteiger partial charge in [0.05, 0.1) is 0 Å². The van der Waals surface area contributed by atoms with E-state index in [1.165, 1.54) is 60.9 Å². The first-order chi connectivity index (χ1) is 15.0. The summed E-state index contributed by atoms with van der Waals surface area (Å²) in [6, 6.07) is 15.4. The van der Waals surface area contributed by atoms with Crippen LogP contribution in [-0.2, 0) is 23.3 Å². The van der Waals surface area contributed by atoms with Crippen LogP contribution >= 0.6 is 0 Å². The molecule has 0 saturated heterocycles. The Kier molecular flexibility index (Phi) is 14.4. The van der Waals surface area contributed by atoms with Gasteiger partial charge in [0.2, 0.25) is 0 Å². The summed E-state index contributed by atoms with van der Waals surface area (Å²) in [4.78, 5) is 0. The first-order valence-electron chi connectivity index (χ1n) is 11.5. The van der Waals surface area contributed by atoms with Crippen LogP contribution in [0.5, 0.6) is 0 Å². The molecule has 4 rings (SSSR count). The summed E-state index contributed by atoms with van der Waals surface area (Å²) < 4.78 is 0. The van der Waals surface area contributed by atoms with E-state index in [9.17, 15) is 0 Å². The predicted molar refractivity (Wildman–Crippen MR) is 141 cm³/mol. The Morgan fingerprint density at radius 2 is 1.41 bits per heavy atom. The van der Waals surface area contributed by atoms with Crippen LogP contribution in [0, 0.1) is 39.7 Å². The van der Waals surface area contributed by atoms with Crippen LogP contribution in [0.15, 0.2) is 59.2 Å². The van der Waals surface area contributed by atoms with Crippen LogP contribution in [-0.4, -0.2) is 5.43 Å². The molecule has 34 heavy (non-hydrogen) atoms. The van der Waals surface area contributed by atoms with Gasteiger partial charge >= 0.3 is 41.9 Å². The monoisotopic (exact) mass is 586 g/mol. The van der Waals surface area contributed by atoms with Crippen molar-refractivity contribution in [3.8, 4) is 11.1 Å². The summed E-state index contributed by atoms with van der Waals surface area (Å²) in [6.45, 7) is 22.2. The van der Waals surface area contributed by atoms with Crippen molar-refractivity contribution < 1.29 is 48.1 Å². The van der Waals surface area contributed by atoms with Crippen molar-refractivity contribution in [1.82, 2.24) is 0 Å². The standard InChI is InChI=1S/C19H19.C9H13.C2H6Si.2ClH.Zr/c1-12-11-19(15(4)14(3)13(12)2)18-10-9-16-7-5-6-8-17(16)18;1-6-5-7(2)9(4)8(6)3;1-3-2;;;/h5-11H,1-4H3;6H,1-4H3;1-2H3;2*1H;/q2*-1;;;;+2/p-2. The molecule has 4 heteroatoms.